The molecular weight excluding hydrogens is 442 g/mol. The Hall–Kier alpha value is -3.61. The molecule has 3 aromatic rings. The summed E-state index contributed by atoms with van der Waals surface area (Å²) in [6.07, 6.45) is 5.53. The molecule has 1 fully saturated rings. The number of rotatable bonds is 8. The van der Waals surface area contributed by atoms with Crippen LogP contribution in [0.4, 0.5) is 5.69 Å². The zero-order valence-corrected chi connectivity index (χ0v) is 20.9. The normalized spacial score (nSPS) is 15.0. The van der Waals surface area contributed by atoms with E-state index in [2.05, 4.69) is 28.7 Å². The van der Waals surface area contributed by atoms with Crippen LogP contribution in [-0.2, 0) is 17.8 Å². The number of piperidine rings is 1. The molecule has 4 rings (SSSR count). The fraction of sp³-hybridized carbons (Fsp3) is 0.393. The molecule has 0 atom stereocenters. The number of hydrogen-bond donors (Lipinski definition) is 1. The number of aromatic nitrogens is 2. The third-order valence-electron chi connectivity index (χ3n) is 6.73. The second kappa shape index (κ2) is 10.3. The first kappa shape index (κ1) is 24.5. The quantitative estimate of drug-likeness (QED) is 0.474. The van der Waals surface area contributed by atoms with E-state index >= 15 is 0 Å². The van der Waals surface area contributed by atoms with Crippen LogP contribution in [0.25, 0.3) is 11.3 Å². The average molecular weight is 476 g/mol. The molecule has 1 N–H and O–H groups in total. The highest BCUT2D eigenvalue weighted by molar-refractivity contribution is 5.83. The van der Waals surface area contributed by atoms with Gasteiger partial charge in [0.05, 0.1) is 31.1 Å². The van der Waals surface area contributed by atoms with Gasteiger partial charge in [0.15, 0.2) is 0 Å². The molecule has 0 unspecified atom stereocenters. The van der Waals surface area contributed by atoms with Gasteiger partial charge < -0.3 is 19.5 Å². The number of hydrogen-bond acceptors (Lipinski definition) is 6. The third kappa shape index (κ3) is 5.73. The number of benzene rings is 1. The largest absolute Gasteiger partial charge is 0.496 e. The topological polar surface area (TPSA) is 84.8 Å². The van der Waals surface area contributed by atoms with E-state index in [1.54, 1.807) is 13.3 Å². The van der Waals surface area contributed by atoms with Gasteiger partial charge in [-0.05, 0) is 43.4 Å². The minimum Gasteiger partial charge on any atom is -0.496 e. The highest BCUT2D eigenvalue weighted by Gasteiger charge is 2.29. The zero-order valence-electron chi connectivity index (χ0n) is 20.9. The minimum absolute atomic E-state index is 0.0675. The van der Waals surface area contributed by atoms with E-state index in [0.717, 1.165) is 65.4 Å². The van der Waals surface area contributed by atoms with Gasteiger partial charge in [0, 0.05) is 41.7 Å². The number of nitrogens with zero attached hydrogens (tertiary/aromatic N) is 3. The molecule has 0 spiro atoms. The Kier molecular flexibility index (Phi) is 7.24. The Balaban J connectivity index is 1.63. The van der Waals surface area contributed by atoms with Crippen LogP contribution in [0.1, 0.15) is 43.5 Å². The van der Waals surface area contributed by atoms with E-state index in [1.807, 2.05) is 49.5 Å². The summed E-state index contributed by atoms with van der Waals surface area (Å²) >= 11 is 0. The Morgan fingerprint density at radius 3 is 2.49 bits per heavy atom. The number of ether oxygens (including phenoxy) is 2. The molecule has 1 aliphatic rings. The lowest BCUT2D eigenvalue weighted by atomic mass is 9.82. The highest BCUT2D eigenvalue weighted by Crippen LogP contribution is 2.39. The summed E-state index contributed by atoms with van der Waals surface area (Å²) in [5, 5.41) is 9.60. The molecule has 1 saturated heterocycles. The van der Waals surface area contributed by atoms with Crippen molar-refractivity contribution in [3.63, 3.8) is 0 Å². The maximum absolute atomic E-state index is 11.7. The van der Waals surface area contributed by atoms with Crippen LogP contribution in [-0.4, -0.2) is 41.2 Å². The van der Waals surface area contributed by atoms with Crippen LogP contribution in [0.5, 0.6) is 11.5 Å². The SMILES string of the molecule is COc1ccccc1COc1ccc(-c2cnc(C)c(CC(=O)O)c2N2CCC(C)(C)CC2)nc1. The second-order valence-corrected chi connectivity index (χ2v) is 9.79. The molecule has 1 aromatic carbocycles. The Morgan fingerprint density at radius 2 is 1.83 bits per heavy atom. The lowest BCUT2D eigenvalue weighted by molar-refractivity contribution is -0.136. The van der Waals surface area contributed by atoms with Gasteiger partial charge in [-0.1, -0.05) is 32.0 Å². The first-order valence-corrected chi connectivity index (χ1v) is 11.9. The Morgan fingerprint density at radius 1 is 1.09 bits per heavy atom. The summed E-state index contributed by atoms with van der Waals surface area (Å²) in [5.41, 5.74) is 5.27. The van der Waals surface area contributed by atoms with E-state index < -0.39 is 5.97 Å². The van der Waals surface area contributed by atoms with Crippen molar-refractivity contribution in [1.29, 1.82) is 0 Å². The number of carboxylic acids is 1. The van der Waals surface area contributed by atoms with Crippen molar-refractivity contribution < 1.29 is 19.4 Å². The molecule has 7 heteroatoms. The van der Waals surface area contributed by atoms with Crippen molar-refractivity contribution in [2.75, 3.05) is 25.1 Å². The summed E-state index contributed by atoms with van der Waals surface area (Å²) in [6.45, 7) is 8.56. The maximum atomic E-state index is 11.7. The maximum Gasteiger partial charge on any atom is 0.307 e. The first-order valence-electron chi connectivity index (χ1n) is 11.9. The van der Waals surface area contributed by atoms with E-state index in [0.29, 0.717) is 12.4 Å². The molecule has 0 bridgehead atoms. The molecule has 0 amide bonds. The lowest BCUT2D eigenvalue weighted by Gasteiger charge is -2.40. The number of methoxy groups -OCH3 is 1. The predicted octanol–water partition coefficient (Wildman–Crippen LogP) is 5.29. The smallest absolute Gasteiger partial charge is 0.307 e. The van der Waals surface area contributed by atoms with Gasteiger partial charge >= 0.3 is 5.97 Å². The van der Waals surface area contributed by atoms with Gasteiger partial charge in [0.25, 0.3) is 0 Å². The fourth-order valence-electron chi connectivity index (χ4n) is 4.49. The number of carboxylic acid groups (broad SMARTS) is 1. The van der Waals surface area contributed by atoms with Crippen molar-refractivity contribution in [1.82, 2.24) is 9.97 Å². The van der Waals surface area contributed by atoms with Gasteiger partial charge in [0.1, 0.15) is 18.1 Å². The number of pyridine rings is 2. The summed E-state index contributed by atoms with van der Waals surface area (Å²) in [4.78, 5) is 23.2. The average Bonchev–Trinajstić information content (AvgIpc) is 2.84. The minimum atomic E-state index is -0.862. The van der Waals surface area contributed by atoms with Crippen LogP contribution in [0.3, 0.4) is 0 Å². The Bertz CT molecular complexity index is 1180. The molecule has 3 heterocycles. The van der Waals surface area contributed by atoms with Gasteiger partial charge in [-0.3, -0.25) is 14.8 Å². The molecule has 0 saturated carbocycles. The highest BCUT2D eigenvalue weighted by atomic mass is 16.5. The van der Waals surface area contributed by atoms with Crippen LogP contribution in [0, 0.1) is 12.3 Å². The van der Waals surface area contributed by atoms with Crippen molar-refractivity contribution >= 4 is 11.7 Å². The fourth-order valence-corrected chi connectivity index (χ4v) is 4.49. The summed E-state index contributed by atoms with van der Waals surface area (Å²) < 4.78 is 11.3. The lowest BCUT2D eigenvalue weighted by Crippen LogP contribution is -2.38. The first-order chi connectivity index (χ1) is 16.8. The van der Waals surface area contributed by atoms with Crippen molar-refractivity contribution in [2.24, 2.45) is 5.41 Å². The van der Waals surface area contributed by atoms with Gasteiger partial charge in [-0.25, -0.2) is 0 Å². The summed E-state index contributed by atoms with van der Waals surface area (Å²) in [7, 11) is 1.64. The molecule has 0 radical (unpaired) electrons. The number of aryl methyl sites for hydroxylation is 1. The molecule has 7 nitrogen and oxygen atoms in total. The van der Waals surface area contributed by atoms with Crippen molar-refractivity contribution in [2.45, 2.75) is 46.6 Å². The van der Waals surface area contributed by atoms with Crippen molar-refractivity contribution in [3.05, 3.63) is 65.6 Å². The van der Waals surface area contributed by atoms with E-state index in [-0.39, 0.29) is 11.8 Å². The molecule has 0 aliphatic carbocycles. The summed E-state index contributed by atoms with van der Waals surface area (Å²) in [5.74, 6) is 0.563. The number of carbonyl (C=O) groups is 1. The van der Waals surface area contributed by atoms with Crippen LogP contribution in [0.15, 0.2) is 48.8 Å². The van der Waals surface area contributed by atoms with Crippen molar-refractivity contribution in [3.8, 4) is 22.8 Å². The predicted molar refractivity (Wildman–Crippen MR) is 136 cm³/mol. The summed E-state index contributed by atoms with van der Waals surface area (Å²) in [6, 6.07) is 11.5. The van der Waals surface area contributed by atoms with Crippen LogP contribution >= 0.6 is 0 Å². The Labute approximate surface area is 206 Å². The molecule has 184 valence electrons. The van der Waals surface area contributed by atoms with Gasteiger partial charge in [0.2, 0.25) is 0 Å². The van der Waals surface area contributed by atoms with Crippen LogP contribution in [0.2, 0.25) is 0 Å². The van der Waals surface area contributed by atoms with Gasteiger partial charge in [-0.2, -0.15) is 0 Å². The standard InChI is InChI=1S/C28H33N3O4/c1-19-22(15-26(32)33)27(31-13-11-28(2,3)12-14-31)23(17-29-19)24-10-9-21(16-30-24)35-18-20-7-5-6-8-25(20)34-4/h5-10,16-17H,11-15,18H2,1-4H3,(H,32,33). The number of para-hydroxylation sites is 1. The zero-order chi connectivity index (χ0) is 25.0. The van der Waals surface area contributed by atoms with E-state index in [9.17, 15) is 9.90 Å². The number of aliphatic carboxylic acids is 1. The van der Waals surface area contributed by atoms with Crippen LogP contribution < -0.4 is 14.4 Å². The molecule has 2 aromatic heterocycles. The second-order valence-electron chi connectivity index (χ2n) is 9.79. The van der Waals surface area contributed by atoms with Gasteiger partial charge in [-0.15, -0.1) is 0 Å². The third-order valence-corrected chi connectivity index (χ3v) is 6.73. The monoisotopic (exact) mass is 475 g/mol. The molecule has 35 heavy (non-hydrogen) atoms. The number of anilines is 1. The van der Waals surface area contributed by atoms with E-state index in [1.165, 1.54) is 0 Å². The van der Waals surface area contributed by atoms with E-state index in [4.69, 9.17) is 9.47 Å². The molecular formula is C28H33N3O4. The molecule has 1 aliphatic heterocycles.